The first-order valence-electron chi connectivity index (χ1n) is 14.7. The van der Waals surface area contributed by atoms with Gasteiger partial charge in [0.05, 0.1) is 0 Å². The van der Waals surface area contributed by atoms with Crippen LogP contribution in [0.3, 0.4) is 0 Å². The minimum absolute atomic E-state index is 0.0757. The summed E-state index contributed by atoms with van der Waals surface area (Å²) in [6.07, 6.45) is 2.51. The molecule has 0 saturated carbocycles. The van der Waals surface area contributed by atoms with E-state index in [1.54, 1.807) is 0 Å². The summed E-state index contributed by atoms with van der Waals surface area (Å²) in [6, 6.07) is 14.6. The van der Waals surface area contributed by atoms with Crippen LogP contribution < -0.4 is 4.90 Å². The first kappa shape index (κ1) is 29.5. The molecule has 0 unspecified atom stereocenters. The Morgan fingerprint density at radius 2 is 0.973 bits per heavy atom. The van der Waals surface area contributed by atoms with Gasteiger partial charge in [-0.3, -0.25) is 0 Å². The fraction of sp³-hybridized carbons (Fsp3) is 0.629. The Kier molecular flexibility index (Phi) is 8.43. The molecule has 2 nitrogen and oxygen atoms in total. The van der Waals surface area contributed by atoms with Crippen LogP contribution in [0.2, 0.25) is 0 Å². The molecule has 2 heteroatoms. The maximum absolute atomic E-state index is 2.70. The number of benzene rings is 2. The summed E-state index contributed by atoms with van der Waals surface area (Å²) < 4.78 is 2.70. The first-order chi connectivity index (χ1) is 17.0. The second-order valence-corrected chi connectivity index (χ2v) is 14.7. The second-order valence-electron chi connectivity index (χ2n) is 14.7. The average Bonchev–Trinajstić information content (AvgIpc) is 3.19. The van der Waals surface area contributed by atoms with E-state index in [0.29, 0.717) is 35.8 Å². The quantitative estimate of drug-likeness (QED) is 0.355. The number of nitrogens with zero attached hydrogens (tertiary/aromatic N) is 2. The fourth-order valence-electron chi connectivity index (χ4n) is 6.38. The van der Waals surface area contributed by atoms with Crippen LogP contribution in [-0.4, -0.2) is 23.0 Å². The highest BCUT2D eigenvalue weighted by Crippen LogP contribution is 2.48. The zero-order valence-corrected chi connectivity index (χ0v) is 26.4. The predicted octanol–water partition coefficient (Wildman–Crippen LogP) is 10.2. The van der Waals surface area contributed by atoms with Crippen LogP contribution >= 0.6 is 0 Å². The van der Waals surface area contributed by atoms with Crippen molar-refractivity contribution in [2.24, 2.45) is 10.8 Å². The number of rotatable bonds is 6. The van der Waals surface area contributed by atoms with Gasteiger partial charge in [0.25, 0.3) is 0 Å². The highest BCUT2D eigenvalue weighted by atomic mass is 15.3. The van der Waals surface area contributed by atoms with Crippen molar-refractivity contribution in [3.05, 3.63) is 58.7 Å². The van der Waals surface area contributed by atoms with Gasteiger partial charge >= 0.3 is 0 Å². The van der Waals surface area contributed by atoms with Crippen molar-refractivity contribution >= 4 is 17.7 Å². The van der Waals surface area contributed by atoms with Gasteiger partial charge in [-0.05, 0) is 23.7 Å². The molecule has 2 atom stereocenters. The minimum atomic E-state index is 0.0757. The zero-order chi connectivity index (χ0) is 28.0. The molecule has 0 fully saturated rings. The molecule has 204 valence electrons. The van der Waals surface area contributed by atoms with Crippen LogP contribution in [0.25, 0.3) is 0 Å². The van der Waals surface area contributed by atoms with E-state index in [9.17, 15) is 0 Å². The van der Waals surface area contributed by atoms with Gasteiger partial charge in [-0.25, -0.2) is 9.48 Å². The van der Waals surface area contributed by atoms with Gasteiger partial charge in [-0.1, -0.05) is 133 Å². The molecule has 2 aromatic carbocycles. The number of hydrogen-bond acceptors (Lipinski definition) is 1. The summed E-state index contributed by atoms with van der Waals surface area (Å²) in [4.78, 5) is 2.70. The van der Waals surface area contributed by atoms with Crippen molar-refractivity contribution in [3.8, 4) is 0 Å². The first-order valence-corrected chi connectivity index (χ1v) is 14.7. The van der Waals surface area contributed by atoms with E-state index >= 15 is 0 Å². The molecule has 37 heavy (non-hydrogen) atoms. The van der Waals surface area contributed by atoms with Crippen LogP contribution in [0.5, 0.6) is 0 Å². The van der Waals surface area contributed by atoms with E-state index in [0.717, 1.165) is 0 Å². The Morgan fingerprint density at radius 1 is 0.595 bits per heavy atom. The molecule has 1 aliphatic rings. The lowest BCUT2D eigenvalue weighted by atomic mass is 9.71. The Labute approximate surface area is 229 Å². The molecule has 0 N–H and O–H groups in total. The Hall–Kier alpha value is -2.09. The van der Waals surface area contributed by atoms with Gasteiger partial charge in [0.1, 0.15) is 23.5 Å². The van der Waals surface area contributed by atoms with Crippen molar-refractivity contribution in [2.45, 2.75) is 133 Å². The maximum atomic E-state index is 2.70. The third-order valence-electron chi connectivity index (χ3n) is 8.12. The molecule has 1 aliphatic heterocycles. The molecule has 0 spiro atoms. The number of anilines is 1. The molecule has 2 aromatic rings. The molecule has 0 radical (unpaired) electrons. The average molecular weight is 504 g/mol. The molecule has 0 amide bonds. The fourth-order valence-corrected chi connectivity index (χ4v) is 6.38. The summed E-state index contributed by atoms with van der Waals surface area (Å²) in [5.41, 5.74) is 8.81. The summed E-state index contributed by atoms with van der Waals surface area (Å²) in [5, 5.41) is 0. The molecule has 0 aliphatic carbocycles. The van der Waals surface area contributed by atoms with E-state index in [4.69, 9.17) is 0 Å². The van der Waals surface area contributed by atoms with E-state index in [2.05, 4.69) is 149 Å². The van der Waals surface area contributed by atoms with Crippen molar-refractivity contribution < 1.29 is 4.58 Å². The van der Waals surface area contributed by atoms with E-state index in [-0.39, 0.29) is 10.8 Å². The topological polar surface area (TPSA) is 6.25 Å². The Morgan fingerprint density at radius 3 is 1.30 bits per heavy atom. The summed E-state index contributed by atoms with van der Waals surface area (Å²) in [6.45, 7) is 33.4. The third kappa shape index (κ3) is 5.69. The highest BCUT2D eigenvalue weighted by Gasteiger charge is 2.56. The molecule has 0 aromatic heterocycles. The van der Waals surface area contributed by atoms with Crippen molar-refractivity contribution in [1.82, 2.24) is 0 Å². The molecule has 1 heterocycles. The SMILES string of the molecule is CC(C)c1cccc(C(C)C)c1N1C=[N+](c2c(C(C)C)cccc2C(C)C)[C@@H](C(C)(C)C)[C@@H]1C(C)(C)C. The van der Waals surface area contributed by atoms with Crippen LogP contribution in [-0.2, 0) is 0 Å². The van der Waals surface area contributed by atoms with Gasteiger partial charge < -0.3 is 0 Å². The monoisotopic (exact) mass is 503 g/mol. The molecule has 3 rings (SSSR count). The van der Waals surface area contributed by atoms with Crippen LogP contribution in [0, 0.1) is 10.8 Å². The highest BCUT2D eigenvalue weighted by molar-refractivity contribution is 5.84. The third-order valence-corrected chi connectivity index (χ3v) is 8.12. The summed E-state index contributed by atoms with van der Waals surface area (Å²) >= 11 is 0. The Balaban J connectivity index is 2.49. The van der Waals surface area contributed by atoms with Crippen molar-refractivity contribution in [1.29, 1.82) is 0 Å². The molecule has 0 bridgehead atoms. The Bertz CT molecular complexity index is 1070. The zero-order valence-electron chi connectivity index (χ0n) is 26.4. The van der Waals surface area contributed by atoms with E-state index in [1.807, 2.05) is 0 Å². The lowest BCUT2D eigenvalue weighted by molar-refractivity contribution is -0.497. The van der Waals surface area contributed by atoms with Crippen molar-refractivity contribution in [3.63, 3.8) is 0 Å². The molecular formula is C35H55N2+. The molecular weight excluding hydrogens is 448 g/mol. The summed E-state index contributed by atoms with van der Waals surface area (Å²) in [7, 11) is 0. The van der Waals surface area contributed by atoms with Gasteiger partial charge in [0.15, 0.2) is 0 Å². The van der Waals surface area contributed by atoms with Gasteiger partial charge in [0, 0.05) is 33.1 Å². The standard InChI is InChI=1S/C35H55N2/c1-22(2)26-17-15-18-27(23(3)4)30(26)36-21-37(33(35(12,13)14)32(36)34(9,10)11)31-28(24(5)6)19-16-20-29(31)25(7)8/h15-25,32-33H,1-14H3/q+1/t32-,33-/m1/s1. The maximum Gasteiger partial charge on any atom is 0.245 e. The number of hydrogen-bond donors (Lipinski definition) is 0. The van der Waals surface area contributed by atoms with Crippen molar-refractivity contribution in [2.75, 3.05) is 4.90 Å². The largest absolute Gasteiger partial charge is 0.245 e. The molecule has 0 saturated heterocycles. The number of para-hydroxylation sites is 2. The summed E-state index contributed by atoms with van der Waals surface area (Å²) in [5.74, 6) is 1.83. The van der Waals surface area contributed by atoms with E-state index in [1.165, 1.54) is 33.6 Å². The van der Waals surface area contributed by atoms with Crippen LogP contribution in [0.4, 0.5) is 11.4 Å². The van der Waals surface area contributed by atoms with Crippen LogP contribution in [0.1, 0.15) is 143 Å². The normalized spacial score (nSPS) is 19.1. The van der Waals surface area contributed by atoms with Gasteiger partial charge in [-0.15, -0.1) is 0 Å². The van der Waals surface area contributed by atoms with E-state index < -0.39 is 0 Å². The second kappa shape index (κ2) is 10.6. The lowest BCUT2D eigenvalue weighted by Crippen LogP contribution is -2.53. The lowest BCUT2D eigenvalue weighted by Gasteiger charge is -2.40. The minimum Gasteiger partial charge on any atom is -0.226 e. The predicted molar refractivity (Wildman–Crippen MR) is 164 cm³/mol. The van der Waals surface area contributed by atoms with Crippen LogP contribution in [0.15, 0.2) is 36.4 Å². The van der Waals surface area contributed by atoms with Gasteiger partial charge in [0.2, 0.25) is 6.34 Å². The smallest absolute Gasteiger partial charge is 0.226 e. The van der Waals surface area contributed by atoms with Gasteiger partial charge in [-0.2, -0.15) is 0 Å².